The number of hydrogen-bond acceptors (Lipinski definition) is 3. The molecule has 24 heavy (non-hydrogen) atoms. The summed E-state index contributed by atoms with van der Waals surface area (Å²) in [5, 5.41) is 4.06. The van der Waals surface area contributed by atoms with Crippen molar-refractivity contribution in [2.24, 2.45) is 10.7 Å². The lowest BCUT2D eigenvalue weighted by Gasteiger charge is -2.26. The number of hydrogen-bond donors (Lipinski definition) is 2. The van der Waals surface area contributed by atoms with E-state index in [4.69, 9.17) is 22.1 Å². The number of nitrogens with two attached hydrogens (primary N) is 1. The van der Waals surface area contributed by atoms with Gasteiger partial charge < -0.3 is 15.8 Å². The summed E-state index contributed by atoms with van der Waals surface area (Å²) in [7, 11) is 0. The van der Waals surface area contributed by atoms with Crippen LogP contribution >= 0.6 is 11.6 Å². The third kappa shape index (κ3) is 4.62. The summed E-state index contributed by atoms with van der Waals surface area (Å²) in [6.45, 7) is 6.40. The Morgan fingerprint density at radius 2 is 2.04 bits per heavy atom. The molecule has 0 spiro atoms. The van der Waals surface area contributed by atoms with Gasteiger partial charge in [0, 0.05) is 30.1 Å². The third-order valence-electron chi connectivity index (χ3n) is 4.91. The Labute approximate surface area is 149 Å². The smallest absolute Gasteiger partial charge is 0.188 e. The van der Waals surface area contributed by atoms with Crippen LogP contribution in [0, 0.1) is 0 Å². The van der Waals surface area contributed by atoms with Crippen molar-refractivity contribution in [1.29, 1.82) is 0 Å². The molecule has 3 N–H and O–H groups in total. The quantitative estimate of drug-likeness (QED) is 0.448. The molecule has 1 aromatic carbocycles. The fraction of sp³-hybridized carbons (Fsp3) is 0.611. The Morgan fingerprint density at radius 3 is 2.75 bits per heavy atom. The number of rotatable bonds is 7. The minimum Gasteiger partial charge on any atom is -0.379 e. The van der Waals surface area contributed by atoms with Crippen LogP contribution in [0.5, 0.6) is 0 Å². The molecule has 0 aromatic heterocycles. The minimum absolute atomic E-state index is 0.0957. The van der Waals surface area contributed by atoms with Crippen LogP contribution < -0.4 is 11.1 Å². The largest absolute Gasteiger partial charge is 0.379 e. The van der Waals surface area contributed by atoms with Crippen molar-refractivity contribution in [3.8, 4) is 0 Å². The Morgan fingerprint density at radius 1 is 1.29 bits per heavy atom. The van der Waals surface area contributed by atoms with Crippen molar-refractivity contribution >= 4 is 17.6 Å². The van der Waals surface area contributed by atoms with E-state index < -0.39 is 0 Å². The van der Waals surface area contributed by atoms with E-state index >= 15 is 0 Å². The highest BCUT2D eigenvalue weighted by Gasteiger charge is 2.45. The maximum absolute atomic E-state index is 6.33. The molecule has 1 saturated heterocycles. The number of nitrogens with one attached hydrogen (secondary N) is 1. The number of morpholine rings is 1. The molecule has 1 aliphatic heterocycles. The zero-order valence-electron chi connectivity index (χ0n) is 14.1. The molecular weight excluding hydrogens is 324 g/mol. The molecule has 6 heteroatoms. The SMILES string of the molecule is NC(=NCC1(c2ccccc2Cl)CC1)NCCCN1CCOCC1. The van der Waals surface area contributed by atoms with Gasteiger partial charge in [0.05, 0.1) is 19.8 Å². The van der Waals surface area contributed by atoms with Gasteiger partial charge in [-0.3, -0.25) is 9.89 Å². The highest BCUT2D eigenvalue weighted by molar-refractivity contribution is 6.31. The molecule has 1 aliphatic carbocycles. The average Bonchev–Trinajstić information content (AvgIpc) is 3.39. The molecule has 0 radical (unpaired) electrons. The summed E-state index contributed by atoms with van der Waals surface area (Å²) in [4.78, 5) is 6.98. The summed E-state index contributed by atoms with van der Waals surface area (Å²) >= 11 is 6.33. The van der Waals surface area contributed by atoms with E-state index in [0.717, 1.165) is 63.7 Å². The van der Waals surface area contributed by atoms with Crippen molar-refractivity contribution in [1.82, 2.24) is 10.2 Å². The molecule has 2 aliphatic rings. The second-order valence-corrected chi connectivity index (χ2v) is 7.10. The summed E-state index contributed by atoms with van der Waals surface area (Å²) < 4.78 is 5.35. The van der Waals surface area contributed by atoms with Gasteiger partial charge in [0.15, 0.2) is 5.96 Å². The Kier molecular flexibility index (Phi) is 5.98. The van der Waals surface area contributed by atoms with E-state index in [1.54, 1.807) is 0 Å². The maximum atomic E-state index is 6.33. The van der Waals surface area contributed by atoms with Gasteiger partial charge in [-0.1, -0.05) is 29.8 Å². The first-order valence-electron chi connectivity index (χ1n) is 8.79. The van der Waals surface area contributed by atoms with Crippen LogP contribution in [-0.2, 0) is 10.2 Å². The second-order valence-electron chi connectivity index (χ2n) is 6.70. The highest BCUT2D eigenvalue weighted by atomic mass is 35.5. The second kappa shape index (κ2) is 8.19. The van der Waals surface area contributed by atoms with Crippen LogP contribution in [-0.4, -0.2) is 56.8 Å². The predicted molar refractivity (Wildman–Crippen MR) is 98.7 cm³/mol. The van der Waals surface area contributed by atoms with Crippen LogP contribution in [0.25, 0.3) is 0 Å². The van der Waals surface area contributed by atoms with E-state index in [9.17, 15) is 0 Å². The van der Waals surface area contributed by atoms with Crippen LogP contribution in [0.4, 0.5) is 0 Å². The van der Waals surface area contributed by atoms with E-state index in [1.807, 2.05) is 18.2 Å². The first-order valence-corrected chi connectivity index (χ1v) is 9.16. The number of benzene rings is 1. The number of aliphatic imine (C=N–C) groups is 1. The topological polar surface area (TPSA) is 62.9 Å². The normalized spacial score (nSPS) is 20.8. The van der Waals surface area contributed by atoms with Crippen LogP contribution in [0.2, 0.25) is 5.02 Å². The molecule has 132 valence electrons. The van der Waals surface area contributed by atoms with E-state index in [2.05, 4.69) is 21.3 Å². The first kappa shape index (κ1) is 17.5. The molecule has 3 rings (SSSR count). The summed E-state index contributed by atoms with van der Waals surface area (Å²) in [6.07, 6.45) is 3.32. The summed E-state index contributed by atoms with van der Waals surface area (Å²) in [6, 6.07) is 8.07. The number of guanidine groups is 1. The Hall–Kier alpha value is -1.30. The van der Waals surface area contributed by atoms with Crippen molar-refractivity contribution in [3.63, 3.8) is 0 Å². The number of nitrogens with zero attached hydrogens (tertiary/aromatic N) is 2. The van der Waals surface area contributed by atoms with E-state index in [-0.39, 0.29) is 5.41 Å². The molecule has 1 saturated carbocycles. The fourth-order valence-electron chi connectivity index (χ4n) is 3.19. The predicted octanol–water partition coefficient (Wildman–Crippen LogP) is 2.00. The fourth-order valence-corrected chi connectivity index (χ4v) is 3.53. The zero-order valence-corrected chi connectivity index (χ0v) is 14.9. The van der Waals surface area contributed by atoms with E-state index in [0.29, 0.717) is 12.5 Å². The standard InChI is InChI=1S/C18H27ClN4O/c19-16-5-2-1-4-15(16)18(6-7-18)14-22-17(20)21-8-3-9-23-10-12-24-13-11-23/h1-2,4-5H,3,6-14H2,(H3,20,21,22). The van der Waals surface area contributed by atoms with Crippen LogP contribution in [0.3, 0.4) is 0 Å². The number of halogens is 1. The van der Waals surface area contributed by atoms with Gasteiger partial charge in [-0.25, -0.2) is 0 Å². The van der Waals surface area contributed by atoms with Crippen molar-refractivity contribution in [3.05, 3.63) is 34.9 Å². The lowest BCUT2D eigenvalue weighted by atomic mass is 9.96. The van der Waals surface area contributed by atoms with Crippen LogP contribution in [0.1, 0.15) is 24.8 Å². The molecule has 0 unspecified atom stereocenters. The molecule has 0 bridgehead atoms. The molecule has 2 fully saturated rings. The van der Waals surface area contributed by atoms with Gasteiger partial charge >= 0.3 is 0 Å². The summed E-state index contributed by atoms with van der Waals surface area (Å²) in [5.41, 5.74) is 7.32. The van der Waals surface area contributed by atoms with Crippen molar-refractivity contribution in [2.75, 3.05) is 45.9 Å². The third-order valence-corrected chi connectivity index (χ3v) is 5.24. The number of ether oxygens (including phenoxy) is 1. The lowest BCUT2D eigenvalue weighted by Crippen LogP contribution is -2.39. The average molecular weight is 351 g/mol. The van der Waals surface area contributed by atoms with Gasteiger partial charge in [0.1, 0.15) is 0 Å². The lowest BCUT2D eigenvalue weighted by molar-refractivity contribution is 0.0376. The molecule has 1 heterocycles. The van der Waals surface area contributed by atoms with Crippen molar-refractivity contribution in [2.45, 2.75) is 24.7 Å². The highest BCUT2D eigenvalue weighted by Crippen LogP contribution is 2.50. The minimum atomic E-state index is 0.0957. The molecule has 0 amide bonds. The first-order chi connectivity index (χ1) is 11.7. The molecule has 1 aromatic rings. The molecule has 0 atom stereocenters. The Balaban J connectivity index is 1.41. The van der Waals surface area contributed by atoms with Gasteiger partial charge in [-0.2, -0.15) is 0 Å². The zero-order chi connectivity index (χ0) is 16.8. The van der Waals surface area contributed by atoms with Gasteiger partial charge in [-0.05, 0) is 37.4 Å². The molecular formula is C18H27ClN4O. The van der Waals surface area contributed by atoms with Gasteiger partial charge in [0.2, 0.25) is 0 Å². The monoisotopic (exact) mass is 350 g/mol. The Bertz CT molecular complexity index is 568. The summed E-state index contributed by atoms with van der Waals surface area (Å²) in [5.74, 6) is 0.537. The molecule has 5 nitrogen and oxygen atoms in total. The van der Waals surface area contributed by atoms with Crippen LogP contribution in [0.15, 0.2) is 29.3 Å². The van der Waals surface area contributed by atoms with E-state index in [1.165, 1.54) is 5.56 Å². The maximum Gasteiger partial charge on any atom is 0.188 e. The van der Waals surface area contributed by atoms with Gasteiger partial charge in [0.25, 0.3) is 0 Å². The van der Waals surface area contributed by atoms with Crippen molar-refractivity contribution < 1.29 is 4.74 Å². The van der Waals surface area contributed by atoms with Gasteiger partial charge in [-0.15, -0.1) is 0 Å².